The Morgan fingerprint density at radius 1 is 0.600 bits per heavy atom. The standard InChI is InChI=1S/3O.Pt.Sr/q3*-2;+4;+2. The first-order chi connectivity index (χ1) is 0. The van der Waals surface area contributed by atoms with Crippen LogP contribution in [-0.2, 0) is 37.5 Å². The third-order valence-corrected chi connectivity index (χ3v) is 0. The molecule has 5 heavy (non-hydrogen) atoms. The van der Waals surface area contributed by atoms with Gasteiger partial charge in [-0.3, -0.25) is 0 Å². The SMILES string of the molecule is [O-2].[O-2].[O-2].[Pt+4].[Sr+2]. The molecule has 0 rings (SSSR count). The van der Waals surface area contributed by atoms with Crippen LogP contribution < -0.4 is 0 Å². The van der Waals surface area contributed by atoms with Gasteiger partial charge in [-0.25, -0.2) is 0 Å². The van der Waals surface area contributed by atoms with E-state index >= 15 is 0 Å². The molecular formula is O3PtSr. The van der Waals surface area contributed by atoms with Crippen molar-refractivity contribution in [1.29, 1.82) is 0 Å². The molecule has 0 aromatic heterocycles. The van der Waals surface area contributed by atoms with Crippen molar-refractivity contribution in [1.82, 2.24) is 0 Å². The molecule has 0 aromatic carbocycles. The summed E-state index contributed by atoms with van der Waals surface area (Å²) in [6.45, 7) is 0. The van der Waals surface area contributed by atoms with E-state index in [-0.39, 0.29) is 83.0 Å². The Morgan fingerprint density at radius 3 is 0.600 bits per heavy atom. The fourth-order valence-corrected chi connectivity index (χ4v) is 0. The molecule has 0 saturated heterocycles. The quantitative estimate of drug-likeness (QED) is 0.524. The monoisotopic (exact) mass is 331 g/mol. The first-order valence-electron chi connectivity index (χ1n) is 0. The van der Waals surface area contributed by atoms with Gasteiger partial charge in [-0.15, -0.1) is 0 Å². The van der Waals surface area contributed by atoms with E-state index in [0.29, 0.717) is 0 Å². The Bertz CT molecular complexity index is 6.85. The zero-order valence-corrected chi connectivity index (χ0v) is 8.00. The second kappa shape index (κ2) is 36.7. The van der Waals surface area contributed by atoms with Crippen LogP contribution >= 0.6 is 0 Å². The second-order valence-electron chi connectivity index (χ2n) is 0. The van der Waals surface area contributed by atoms with Crippen LogP contribution in [0.15, 0.2) is 0 Å². The molecule has 0 radical (unpaired) electrons. The fourth-order valence-electron chi connectivity index (χ4n) is 0. The molecule has 30 valence electrons. The summed E-state index contributed by atoms with van der Waals surface area (Å²) < 4.78 is 0. The second-order valence-corrected chi connectivity index (χ2v) is 0. The minimum atomic E-state index is 0. The first kappa shape index (κ1) is 61.4. The Balaban J connectivity index is 0. The molecule has 0 N–H and O–H groups in total. The van der Waals surface area contributed by atoms with E-state index in [1.165, 1.54) is 0 Å². The molecule has 0 aliphatic rings. The Morgan fingerprint density at radius 2 is 0.600 bits per heavy atom. The number of hydrogen-bond donors (Lipinski definition) is 0. The van der Waals surface area contributed by atoms with Crippen molar-refractivity contribution in [2.75, 3.05) is 0 Å². The molecule has 0 aromatic rings. The molecule has 0 aliphatic carbocycles. The largest absolute Gasteiger partial charge is 4.00 e. The Hall–Kier alpha value is 2.05. The fraction of sp³-hybridized carbons (Fsp3) is 0. The summed E-state index contributed by atoms with van der Waals surface area (Å²) >= 11 is 0. The van der Waals surface area contributed by atoms with Crippen LogP contribution in [0.4, 0.5) is 0 Å². The predicted octanol–water partition coefficient (Wildman–Crippen LogP) is -0.740. The zero-order chi connectivity index (χ0) is 0. The average Bonchev–Trinajstić information content (AvgIpc) is 0. The van der Waals surface area contributed by atoms with Crippen molar-refractivity contribution in [3.05, 3.63) is 0 Å². The van der Waals surface area contributed by atoms with E-state index < -0.39 is 0 Å². The molecule has 0 fully saturated rings. The van der Waals surface area contributed by atoms with E-state index in [9.17, 15) is 0 Å². The van der Waals surface area contributed by atoms with Crippen LogP contribution in [0.5, 0.6) is 0 Å². The summed E-state index contributed by atoms with van der Waals surface area (Å²) in [6, 6.07) is 0. The van der Waals surface area contributed by atoms with Crippen molar-refractivity contribution in [3.8, 4) is 0 Å². The summed E-state index contributed by atoms with van der Waals surface area (Å²) in [7, 11) is 0. The molecule has 5 heteroatoms. The molecule has 0 saturated carbocycles. The third-order valence-electron chi connectivity index (χ3n) is 0. The Labute approximate surface area is 81.6 Å². The van der Waals surface area contributed by atoms with E-state index in [1.807, 2.05) is 0 Å². The van der Waals surface area contributed by atoms with Gasteiger partial charge in [0.05, 0.1) is 0 Å². The average molecular weight is 331 g/mol. The summed E-state index contributed by atoms with van der Waals surface area (Å²) in [4.78, 5) is 0. The zero-order valence-electron chi connectivity index (χ0n) is 2.25. The molecular weight excluding hydrogens is 331 g/mol. The van der Waals surface area contributed by atoms with Gasteiger partial charge in [0.15, 0.2) is 0 Å². The van der Waals surface area contributed by atoms with Gasteiger partial charge in [0, 0.05) is 0 Å². The third kappa shape index (κ3) is 23.6. The topological polar surface area (TPSA) is 85.5 Å². The molecule has 0 amide bonds. The van der Waals surface area contributed by atoms with Crippen molar-refractivity contribution in [2.45, 2.75) is 0 Å². The smallest absolute Gasteiger partial charge is 2.00 e. The Kier molecular flexibility index (Phi) is 451. The summed E-state index contributed by atoms with van der Waals surface area (Å²) in [5, 5.41) is 0. The van der Waals surface area contributed by atoms with Gasteiger partial charge in [-0.05, 0) is 0 Å². The molecule has 0 bridgehead atoms. The van der Waals surface area contributed by atoms with E-state index in [2.05, 4.69) is 0 Å². The molecule has 3 nitrogen and oxygen atoms in total. The maximum Gasteiger partial charge on any atom is 4.00 e. The van der Waals surface area contributed by atoms with Crippen molar-refractivity contribution in [2.24, 2.45) is 0 Å². The predicted molar refractivity (Wildman–Crippen MR) is 7.81 cm³/mol. The van der Waals surface area contributed by atoms with E-state index in [4.69, 9.17) is 0 Å². The summed E-state index contributed by atoms with van der Waals surface area (Å²) in [5.74, 6) is 0. The molecule has 0 atom stereocenters. The number of hydrogen-bond acceptors (Lipinski definition) is 0. The van der Waals surface area contributed by atoms with Gasteiger partial charge in [0.1, 0.15) is 0 Å². The van der Waals surface area contributed by atoms with Crippen LogP contribution in [0.3, 0.4) is 0 Å². The maximum absolute atomic E-state index is 0. The normalized spacial score (nSPS) is 0. The van der Waals surface area contributed by atoms with Gasteiger partial charge in [0.2, 0.25) is 0 Å². The minimum Gasteiger partial charge on any atom is -2.00 e. The van der Waals surface area contributed by atoms with Crippen molar-refractivity contribution in [3.63, 3.8) is 0 Å². The van der Waals surface area contributed by atoms with Gasteiger partial charge < -0.3 is 16.4 Å². The van der Waals surface area contributed by atoms with Crippen LogP contribution in [0.2, 0.25) is 0 Å². The van der Waals surface area contributed by atoms with Gasteiger partial charge in [-0.2, -0.15) is 0 Å². The summed E-state index contributed by atoms with van der Waals surface area (Å²) in [6.07, 6.45) is 0. The van der Waals surface area contributed by atoms with E-state index in [0.717, 1.165) is 0 Å². The van der Waals surface area contributed by atoms with Crippen molar-refractivity contribution < 1.29 is 37.5 Å². The number of rotatable bonds is 0. The van der Waals surface area contributed by atoms with Gasteiger partial charge in [0.25, 0.3) is 0 Å². The first-order valence-corrected chi connectivity index (χ1v) is 0. The van der Waals surface area contributed by atoms with E-state index in [1.54, 1.807) is 0 Å². The molecule has 0 spiro atoms. The maximum atomic E-state index is 0. The molecule has 0 heterocycles. The molecule has 0 aliphatic heterocycles. The van der Waals surface area contributed by atoms with Crippen molar-refractivity contribution >= 4 is 45.5 Å². The summed E-state index contributed by atoms with van der Waals surface area (Å²) in [5.41, 5.74) is 0. The van der Waals surface area contributed by atoms with Gasteiger partial charge >= 0.3 is 66.5 Å². The minimum absolute atomic E-state index is 0. The van der Waals surface area contributed by atoms with Gasteiger partial charge in [-0.1, -0.05) is 0 Å². The van der Waals surface area contributed by atoms with Crippen LogP contribution in [-0.4, -0.2) is 45.5 Å². The van der Waals surface area contributed by atoms with Crippen LogP contribution in [0.1, 0.15) is 0 Å². The van der Waals surface area contributed by atoms with Crippen LogP contribution in [0.25, 0.3) is 0 Å². The molecule has 0 unspecified atom stereocenters. The van der Waals surface area contributed by atoms with Crippen LogP contribution in [0, 0.1) is 0 Å².